The van der Waals surface area contributed by atoms with Crippen molar-refractivity contribution in [3.8, 4) is 28.0 Å². The molecule has 0 saturated carbocycles. The molecule has 5 nitrogen and oxygen atoms in total. The first kappa shape index (κ1) is 20.7. The number of rotatable bonds is 4. The average Bonchev–Trinajstić information content (AvgIpc) is 3.44. The molecule has 5 rings (SSSR count). The van der Waals surface area contributed by atoms with Gasteiger partial charge in [0.15, 0.2) is 10.9 Å². The lowest BCUT2D eigenvalue weighted by molar-refractivity contribution is 0.104. The van der Waals surface area contributed by atoms with E-state index in [1.165, 1.54) is 34.1 Å². The van der Waals surface area contributed by atoms with Gasteiger partial charge >= 0.3 is 0 Å². The number of thiazole rings is 1. The molecular weight excluding hydrogens is 471 g/mol. The number of thiophene rings is 1. The highest BCUT2D eigenvalue weighted by Crippen LogP contribution is 2.45. The number of halogens is 2. The lowest BCUT2D eigenvalue weighted by Gasteiger charge is -2.09. The number of hydrogen-bond acceptors (Lipinski definition) is 6. The molecule has 2 N–H and O–H groups in total. The lowest BCUT2D eigenvalue weighted by Crippen LogP contribution is -2.03. The van der Waals surface area contributed by atoms with Gasteiger partial charge in [-0.25, -0.2) is 9.37 Å². The molecule has 2 aromatic carbocycles. The summed E-state index contributed by atoms with van der Waals surface area (Å²) in [5.74, 6) is -1.90. The second kappa shape index (κ2) is 7.74. The molecule has 0 saturated heterocycles. The summed E-state index contributed by atoms with van der Waals surface area (Å²) >= 11 is 8.47. The van der Waals surface area contributed by atoms with Gasteiger partial charge in [-0.15, -0.1) is 11.3 Å². The van der Waals surface area contributed by atoms with E-state index in [1.807, 2.05) is 13.0 Å². The van der Waals surface area contributed by atoms with E-state index >= 15 is 0 Å². The lowest BCUT2D eigenvalue weighted by atomic mass is 10.0. The SMILES string of the molecule is Cc1ccc(C(=O)c2c(O)c(O)n(-c3nc4ccc(F)cc4s3)c2-c2ccc(Cl)cc2)s1. The zero-order chi connectivity index (χ0) is 22.6. The number of fused-ring (bicyclic) bond motifs is 1. The minimum atomic E-state index is -0.545. The van der Waals surface area contributed by atoms with Gasteiger partial charge in [0.2, 0.25) is 11.7 Å². The van der Waals surface area contributed by atoms with Crippen molar-refractivity contribution in [1.82, 2.24) is 9.55 Å². The van der Waals surface area contributed by atoms with E-state index in [0.717, 1.165) is 16.2 Å². The third-order valence-electron chi connectivity index (χ3n) is 4.96. The number of aromatic nitrogens is 2. The van der Waals surface area contributed by atoms with E-state index in [1.54, 1.807) is 30.3 Å². The standard InChI is InChI=1S/C23H14ClFN2O3S2/c1-11-2-9-16(31-11)20(28)18-19(12-3-5-13(24)6-4-12)27(22(30)21(18)29)23-26-15-8-7-14(25)10-17(15)32-23/h2-10,29-30H,1H3. The summed E-state index contributed by atoms with van der Waals surface area (Å²) in [6, 6.07) is 14.4. The number of hydrogen-bond donors (Lipinski definition) is 2. The number of aryl methyl sites for hydroxylation is 1. The molecule has 0 amide bonds. The Kier molecular flexibility index (Phi) is 5.00. The summed E-state index contributed by atoms with van der Waals surface area (Å²) in [5.41, 5.74) is 1.30. The summed E-state index contributed by atoms with van der Waals surface area (Å²) < 4.78 is 15.6. The Morgan fingerprint density at radius 2 is 1.81 bits per heavy atom. The van der Waals surface area contributed by atoms with Gasteiger partial charge in [-0.1, -0.05) is 35.1 Å². The number of ketones is 1. The summed E-state index contributed by atoms with van der Waals surface area (Å²) in [4.78, 5) is 19.2. The van der Waals surface area contributed by atoms with Gasteiger partial charge in [0, 0.05) is 9.90 Å². The highest BCUT2D eigenvalue weighted by molar-refractivity contribution is 7.20. The van der Waals surface area contributed by atoms with Crippen LogP contribution in [0, 0.1) is 12.7 Å². The van der Waals surface area contributed by atoms with Gasteiger partial charge in [-0.2, -0.15) is 0 Å². The summed E-state index contributed by atoms with van der Waals surface area (Å²) in [6.07, 6.45) is 0. The van der Waals surface area contributed by atoms with Crippen LogP contribution in [0.1, 0.15) is 20.1 Å². The normalized spacial score (nSPS) is 11.3. The second-order valence-electron chi connectivity index (χ2n) is 7.09. The Bertz CT molecular complexity index is 1500. The van der Waals surface area contributed by atoms with Crippen molar-refractivity contribution in [1.29, 1.82) is 0 Å². The third-order valence-corrected chi connectivity index (χ3v) is 7.21. The van der Waals surface area contributed by atoms with Crippen molar-refractivity contribution in [3.63, 3.8) is 0 Å². The summed E-state index contributed by atoms with van der Waals surface area (Å²) in [6.45, 7) is 1.88. The van der Waals surface area contributed by atoms with Crippen LogP contribution in [0.5, 0.6) is 11.6 Å². The van der Waals surface area contributed by atoms with Gasteiger partial charge in [-0.3, -0.25) is 9.36 Å². The van der Waals surface area contributed by atoms with E-state index in [0.29, 0.717) is 25.7 Å². The van der Waals surface area contributed by atoms with Crippen molar-refractivity contribution in [3.05, 3.63) is 80.8 Å². The van der Waals surface area contributed by atoms with Gasteiger partial charge in [0.05, 0.1) is 26.4 Å². The molecule has 0 aliphatic heterocycles. The van der Waals surface area contributed by atoms with E-state index < -0.39 is 23.2 Å². The molecule has 9 heteroatoms. The molecule has 0 spiro atoms. The van der Waals surface area contributed by atoms with Crippen LogP contribution in [0.15, 0.2) is 54.6 Å². The first-order valence-corrected chi connectivity index (χ1v) is 11.4. The first-order chi connectivity index (χ1) is 15.3. The Morgan fingerprint density at radius 3 is 2.50 bits per heavy atom. The predicted octanol–water partition coefficient (Wildman–Crippen LogP) is 6.56. The Morgan fingerprint density at radius 1 is 1.06 bits per heavy atom. The van der Waals surface area contributed by atoms with Gasteiger partial charge in [-0.05, 0) is 55.0 Å². The number of benzene rings is 2. The van der Waals surface area contributed by atoms with Crippen molar-refractivity contribution < 1.29 is 19.4 Å². The molecule has 5 aromatic rings. The minimum Gasteiger partial charge on any atom is -0.503 e. The highest BCUT2D eigenvalue weighted by Gasteiger charge is 2.31. The Hall–Kier alpha value is -3.20. The van der Waals surface area contributed by atoms with Crippen LogP contribution in [0.3, 0.4) is 0 Å². The minimum absolute atomic E-state index is 0.0443. The largest absolute Gasteiger partial charge is 0.503 e. The molecule has 0 aliphatic carbocycles. The van der Waals surface area contributed by atoms with Crippen LogP contribution in [0.4, 0.5) is 4.39 Å². The van der Waals surface area contributed by atoms with Crippen molar-refractivity contribution >= 4 is 50.3 Å². The molecule has 0 unspecified atom stereocenters. The molecule has 0 aliphatic rings. The fourth-order valence-electron chi connectivity index (χ4n) is 3.49. The number of nitrogens with zero attached hydrogens (tertiary/aromatic N) is 2. The Balaban J connectivity index is 1.81. The average molecular weight is 485 g/mol. The summed E-state index contributed by atoms with van der Waals surface area (Å²) in [5, 5.41) is 22.5. The fraction of sp³-hybridized carbons (Fsp3) is 0.0435. The summed E-state index contributed by atoms with van der Waals surface area (Å²) in [7, 11) is 0. The van der Waals surface area contributed by atoms with E-state index in [2.05, 4.69) is 4.98 Å². The number of carbonyl (C=O) groups excluding carboxylic acids is 1. The van der Waals surface area contributed by atoms with E-state index in [9.17, 15) is 19.4 Å². The van der Waals surface area contributed by atoms with E-state index in [-0.39, 0.29) is 16.4 Å². The maximum atomic E-state index is 13.7. The molecule has 3 heterocycles. The van der Waals surface area contributed by atoms with Crippen LogP contribution in [0.2, 0.25) is 5.02 Å². The van der Waals surface area contributed by atoms with Gasteiger partial charge in [0.1, 0.15) is 5.82 Å². The van der Waals surface area contributed by atoms with Gasteiger partial charge < -0.3 is 10.2 Å². The highest BCUT2D eigenvalue weighted by atomic mass is 35.5. The van der Waals surface area contributed by atoms with Crippen LogP contribution < -0.4 is 0 Å². The molecule has 160 valence electrons. The van der Waals surface area contributed by atoms with Crippen LogP contribution in [-0.2, 0) is 0 Å². The maximum absolute atomic E-state index is 13.7. The van der Waals surface area contributed by atoms with Crippen molar-refractivity contribution in [2.45, 2.75) is 6.92 Å². The zero-order valence-electron chi connectivity index (χ0n) is 16.5. The maximum Gasteiger partial charge on any atom is 0.242 e. The fourth-order valence-corrected chi connectivity index (χ4v) is 5.43. The number of carbonyl (C=O) groups is 1. The molecule has 0 bridgehead atoms. The first-order valence-electron chi connectivity index (χ1n) is 9.43. The topological polar surface area (TPSA) is 75.3 Å². The molecule has 0 atom stereocenters. The number of aromatic hydroxyl groups is 2. The van der Waals surface area contributed by atoms with E-state index in [4.69, 9.17) is 11.6 Å². The van der Waals surface area contributed by atoms with Gasteiger partial charge in [0.25, 0.3) is 0 Å². The monoisotopic (exact) mass is 484 g/mol. The molecule has 32 heavy (non-hydrogen) atoms. The predicted molar refractivity (Wildman–Crippen MR) is 125 cm³/mol. The quantitative estimate of drug-likeness (QED) is 0.283. The molecule has 0 radical (unpaired) electrons. The van der Waals surface area contributed by atoms with Crippen molar-refractivity contribution in [2.75, 3.05) is 0 Å². The van der Waals surface area contributed by atoms with Crippen LogP contribution in [-0.4, -0.2) is 25.5 Å². The van der Waals surface area contributed by atoms with Crippen LogP contribution in [0.25, 0.3) is 26.6 Å². The second-order valence-corrected chi connectivity index (χ2v) is 9.82. The molecular formula is C23H14ClFN2O3S2. The zero-order valence-corrected chi connectivity index (χ0v) is 18.9. The third kappa shape index (κ3) is 3.37. The molecule has 3 aromatic heterocycles. The van der Waals surface area contributed by atoms with Crippen molar-refractivity contribution in [2.24, 2.45) is 0 Å². The molecule has 0 fully saturated rings. The smallest absolute Gasteiger partial charge is 0.242 e. The Labute approximate surface area is 194 Å². The van der Waals surface area contributed by atoms with Crippen LogP contribution >= 0.6 is 34.3 Å².